The Morgan fingerprint density at radius 1 is 1.21 bits per heavy atom. The summed E-state index contributed by atoms with van der Waals surface area (Å²) in [5, 5.41) is 32.9. The van der Waals surface area contributed by atoms with E-state index in [1.54, 1.807) is 6.92 Å². The molecule has 5 atom stereocenters. The van der Waals surface area contributed by atoms with Crippen LogP contribution in [0.5, 0.6) is 0 Å². The van der Waals surface area contributed by atoms with Gasteiger partial charge in [-0.05, 0) is 31.0 Å². The van der Waals surface area contributed by atoms with Crippen LogP contribution in [0.4, 0.5) is 0 Å². The maximum Gasteiger partial charge on any atom is 0.251 e. The molecule has 0 spiro atoms. The van der Waals surface area contributed by atoms with Crippen LogP contribution in [-0.2, 0) is 4.74 Å². The molecule has 1 aliphatic heterocycles. The highest BCUT2D eigenvalue weighted by Crippen LogP contribution is 2.27. The molecule has 4 N–H and O–H groups in total. The van der Waals surface area contributed by atoms with E-state index < -0.39 is 43.0 Å². The number of halogens is 2. The van der Waals surface area contributed by atoms with Crippen molar-refractivity contribution >= 4 is 29.1 Å². The minimum Gasteiger partial charge on any atom is -0.394 e. The van der Waals surface area contributed by atoms with Gasteiger partial charge in [0, 0.05) is 15.6 Å². The van der Waals surface area contributed by atoms with Gasteiger partial charge in [0.2, 0.25) is 0 Å². The van der Waals surface area contributed by atoms with E-state index in [0.29, 0.717) is 22.0 Å². The van der Waals surface area contributed by atoms with E-state index in [1.807, 2.05) is 6.92 Å². The molecular weight excluding hydrogens is 357 g/mol. The molecule has 0 aromatic heterocycles. The summed E-state index contributed by atoms with van der Waals surface area (Å²) >= 11 is 12.1. The van der Waals surface area contributed by atoms with Gasteiger partial charge in [0.1, 0.15) is 18.3 Å². The molecule has 0 saturated carbocycles. The van der Waals surface area contributed by atoms with Crippen molar-refractivity contribution in [3.8, 4) is 0 Å². The first-order chi connectivity index (χ1) is 11.3. The number of benzene rings is 1. The predicted octanol–water partition coefficient (Wildman–Crippen LogP) is 1.29. The number of amides is 1. The lowest BCUT2D eigenvalue weighted by Gasteiger charge is -2.42. The summed E-state index contributed by atoms with van der Waals surface area (Å²) in [6.45, 7) is 3.14. The zero-order chi connectivity index (χ0) is 18.0. The number of aliphatic hydroxyl groups is 3. The first kappa shape index (κ1) is 19.4. The Kier molecular flexibility index (Phi) is 6.47. The third-order valence-corrected chi connectivity index (χ3v) is 5.06. The average molecular weight is 378 g/mol. The monoisotopic (exact) mass is 377 g/mol. The molecule has 1 aromatic rings. The highest BCUT2D eigenvalue weighted by atomic mass is 35.5. The molecule has 0 radical (unpaired) electrons. The largest absolute Gasteiger partial charge is 0.394 e. The number of carbonyl (C=O) groups excluding carboxylic acids is 1. The van der Waals surface area contributed by atoms with Crippen LogP contribution in [0.1, 0.15) is 29.3 Å². The third-order valence-electron chi connectivity index (χ3n) is 4.27. The van der Waals surface area contributed by atoms with E-state index in [-0.39, 0.29) is 5.56 Å². The molecule has 8 heteroatoms. The number of nitrogens with one attached hydrogen (secondary N) is 1. The van der Waals surface area contributed by atoms with Crippen molar-refractivity contribution in [1.82, 2.24) is 5.32 Å². The Hall–Kier alpha value is -0.890. The van der Waals surface area contributed by atoms with E-state index in [4.69, 9.17) is 27.9 Å². The fraction of sp³-hybridized carbons (Fsp3) is 0.562. The quantitative estimate of drug-likeness (QED) is 0.633. The highest BCUT2D eigenvalue weighted by molar-refractivity contribution is 6.36. The summed E-state index contributed by atoms with van der Waals surface area (Å²) in [5.74, 6) is -0.487. The van der Waals surface area contributed by atoms with Crippen molar-refractivity contribution in [1.29, 1.82) is 0 Å². The van der Waals surface area contributed by atoms with Crippen molar-refractivity contribution < 1.29 is 24.9 Å². The Balaban J connectivity index is 2.20. The summed E-state index contributed by atoms with van der Waals surface area (Å²) in [5.41, 5.74) is 0.917. The molecule has 1 aromatic carbocycles. The van der Waals surface area contributed by atoms with Crippen molar-refractivity contribution in [3.63, 3.8) is 0 Å². The normalized spacial score (nSPS) is 30.2. The average Bonchev–Trinajstić information content (AvgIpc) is 2.56. The predicted molar refractivity (Wildman–Crippen MR) is 90.5 cm³/mol. The van der Waals surface area contributed by atoms with Crippen molar-refractivity contribution in [2.75, 3.05) is 6.61 Å². The standard InChI is InChI=1S/C16H21Cl2NO5/c1-3-11-13(15(22)14(21)12(6-20)24-11)19-16(23)8-4-9(17)7(2)10(18)5-8/h4-5,11-15,20-22H,3,6H2,1-2H3,(H,19,23)/t11-,12?,13-,14+,15?/m1/s1. The minimum absolute atomic E-state index is 0.247. The first-order valence-electron chi connectivity index (χ1n) is 7.69. The van der Waals surface area contributed by atoms with Crippen LogP contribution >= 0.6 is 23.2 Å². The second-order valence-corrected chi connectivity index (χ2v) is 6.66. The molecule has 2 rings (SSSR count). The van der Waals surface area contributed by atoms with Crippen LogP contribution < -0.4 is 5.32 Å². The Morgan fingerprint density at radius 3 is 2.29 bits per heavy atom. The summed E-state index contributed by atoms with van der Waals surface area (Å²) in [6.07, 6.45) is -3.50. The lowest BCUT2D eigenvalue weighted by molar-refractivity contribution is -0.193. The maximum absolute atomic E-state index is 12.5. The van der Waals surface area contributed by atoms with Gasteiger partial charge in [-0.25, -0.2) is 0 Å². The van der Waals surface area contributed by atoms with Gasteiger partial charge in [0.25, 0.3) is 5.91 Å². The summed E-state index contributed by atoms with van der Waals surface area (Å²) in [4.78, 5) is 12.5. The van der Waals surface area contributed by atoms with E-state index in [1.165, 1.54) is 12.1 Å². The Morgan fingerprint density at radius 2 is 1.79 bits per heavy atom. The van der Waals surface area contributed by atoms with Gasteiger partial charge in [-0.3, -0.25) is 4.79 Å². The number of ether oxygens (including phenoxy) is 1. The van der Waals surface area contributed by atoms with Gasteiger partial charge in [0.05, 0.1) is 18.8 Å². The van der Waals surface area contributed by atoms with Crippen LogP contribution in [-0.4, -0.2) is 58.3 Å². The lowest BCUT2D eigenvalue weighted by Crippen LogP contribution is -2.64. The molecule has 1 saturated heterocycles. The van der Waals surface area contributed by atoms with Crippen LogP contribution in [0, 0.1) is 6.92 Å². The number of hydrogen-bond acceptors (Lipinski definition) is 5. The molecule has 1 amide bonds. The van der Waals surface area contributed by atoms with Gasteiger partial charge in [-0.1, -0.05) is 30.1 Å². The highest BCUT2D eigenvalue weighted by Gasteiger charge is 2.44. The van der Waals surface area contributed by atoms with Crippen LogP contribution in [0.15, 0.2) is 12.1 Å². The Bertz CT molecular complexity index is 587. The molecular formula is C16H21Cl2NO5. The topological polar surface area (TPSA) is 99.0 Å². The summed E-state index contributed by atoms with van der Waals surface area (Å²) in [7, 11) is 0. The molecule has 0 aliphatic carbocycles. The molecule has 1 heterocycles. The molecule has 134 valence electrons. The zero-order valence-electron chi connectivity index (χ0n) is 13.4. The van der Waals surface area contributed by atoms with Gasteiger partial charge >= 0.3 is 0 Å². The number of rotatable bonds is 4. The van der Waals surface area contributed by atoms with Crippen LogP contribution in [0.25, 0.3) is 0 Å². The van der Waals surface area contributed by atoms with Crippen molar-refractivity contribution in [3.05, 3.63) is 33.3 Å². The number of hydrogen-bond donors (Lipinski definition) is 4. The molecule has 1 aliphatic rings. The summed E-state index contributed by atoms with van der Waals surface area (Å²) < 4.78 is 5.56. The zero-order valence-corrected chi connectivity index (χ0v) is 14.9. The van der Waals surface area contributed by atoms with E-state index in [2.05, 4.69) is 5.32 Å². The molecule has 24 heavy (non-hydrogen) atoms. The fourth-order valence-electron chi connectivity index (χ4n) is 2.73. The fourth-order valence-corrected chi connectivity index (χ4v) is 3.22. The van der Waals surface area contributed by atoms with Gasteiger partial charge in [-0.15, -0.1) is 0 Å². The van der Waals surface area contributed by atoms with E-state index >= 15 is 0 Å². The number of aliphatic hydroxyl groups excluding tert-OH is 3. The molecule has 6 nitrogen and oxygen atoms in total. The molecule has 1 fully saturated rings. The first-order valence-corrected chi connectivity index (χ1v) is 8.44. The smallest absolute Gasteiger partial charge is 0.251 e. The molecule has 0 bridgehead atoms. The second-order valence-electron chi connectivity index (χ2n) is 5.85. The van der Waals surface area contributed by atoms with E-state index in [0.717, 1.165) is 0 Å². The van der Waals surface area contributed by atoms with Gasteiger partial charge < -0.3 is 25.4 Å². The van der Waals surface area contributed by atoms with Crippen molar-refractivity contribution in [2.45, 2.75) is 50.7 Å². The Labute approximate surface area is 150 Å². The second kappa shape index (κ2) is 7.99. The van der Waals surface area contributed by atoms with Gasteiger partial charge in [0.15, 0.2) is 0 Å². The minimum atomic E-state index is -1.30. The SMILES string of the molecule is CC[C@H]1OC(CO)[C@H](O)C(O)[C@@H]1NC(=O)c1cc(Cl)c(C)c(Cl)c1. The lowest BCUT2D eigenvalue weighted by atomic mass is 9.91. The summed E-state index contributed by atoms with van der Waals surface area (Å²) in [6, 6.07) is 2.16. The van der Waals surface area contributed by atoms with Crippen LogP contribution in [0.3, 0.4) is 0 Å². The van der Waals surface area contributed by atoms with Gasteiger partial charge in [-0.2, -0.15) is 0 Å². The maximum atomic E-state index is 12.5. The molecule has 2 unspecified atom stereocenters. The van der Waals surface area contributed by atoms with E-state index in [9.17, 15) is 20.1 Å². The number of carbonyl (C=O) groups is 1. The van der Waals surface area contributed by atoms with Crippen molar-refractivity contribution in [2.24, 2.45) is 0 Å². The van der Waals surface area contributed by atoms with Crippen LogP contribution in [0.2, 0.25) is 10.0 Å². The third kappa shape index (κ3) is 3.85.